The van der Waals surface area contributed by atoms with Gasteiger partial charge in [0.1, 0.15) is 6.04 Å². The molecule has 0 aliphatic heterocycles. The lowest BCUT2D eigenvalue weighted by Crippen LogP contribution is -2.44. The van der Waals surface area contributed by atoms with Crippen LogP contribution in [0.4, 0.5) is 0 Å². The number of amides is 1. The predicted molar refractivity (Wildman–Crippen MR) is 86.9 cm³/mol. The summed E-state index contributed by atoms with van der Waals surface area (Å²) in [7, 11) is 1.49. The zero-order chi connectivity index (χ0) is 17.3. The molecule has 0 spiro atoms. The zero-order valence-corrected chi connectivity index (χ0v) is 13.7. The summed E-state index contributed by atoms with van der Waals surface area (Å²) in [4.78, 5) is 29.9. The van der Waals surface area contributed by atoms with Crippen molar-refractivity contribution >= 4 is 11.9 Å². The van der Waals surface area contributed by atoms with E-state index < -0.39 is 17.9 Å². The number of hydrogen-bond donors (Lipinski definition) is 1. The molecule has 2 aromatic rings. The van der Waals surface area contributed by atoms with Crippen LogP contribution >= 0.6 is 0 Å². The third kappa shape index (κ3) is 3.32. The zero-order valence-electron chi connectivity index (χ0n) is 13.7. The van der Waals surface area contributed by atoms with Gasteiger partial charge in [-0.25, -0.2) is 9.78 Å². The average Bonchev–Trinajstić information content (AvgIpc) is 3.35. The third-order valence-corrected chi connectivity index (χ3v) is 4.28. The van der Waals surface area contributed by atoms with Crippen LogP contribution in [0.1, 0.15) is 46.5 Å². The van der Waals surface area contributed by atoms with E-state index >= 15 is 0 Å². The molecule has 0 unspecified atom stereocenters. The fraction of sp³-hybridized carbons (Fsp3) is 0.389. The van der Waals surface area contributed by atoms with Crippen LogP contribution in [0.5, 0.6) is 0 Å². The molecule has 24 heavy (non-hydrogen) atoms. The molecule has 1 aliphatic carbocycles. The topological polar surface area (TPSA) is 83.6 Å². The largest absolute Gasteiger partial charge is 0.480 e. The summed E-state index contributed by atoms with van der Waals surface area (Å²) < 4.78 is 5.61. The van der Waals surface area contributed by atoms with E-state index in [0.717, 1.165) is 18.4 Å². The van der Waals surface area contributed by atoms with Gasteiger partial charge in [-0.05, 0) is 25.3 Å². The highest BCUT2D eigenvalue weighted by Crippen LogP contribution is 2.40. The number of oxazole rings is 1. The van der Waals surface area contributed by atoms with Crippen LogP contribution in [-0.2, 0) is 11.2 Å². The van der Waals surface area contributed by atoms with Crippen LogP contribution in [0.2, 0.25) is 0 Å². The van der Waals surface area contributed by atoms with Gasteiger partial charge in [0.25, 0.3) is 5.91 Å². The molecule has 3 rings (SSSR count). The maximum absolute atomic E-state index is 12.7. The maximum atomic E-state index is 12.7. The Hall–Kier alpha value is -2.63. The second-order valence-corrected chi connectivity index (χ2v) is 6.20. The second-order valence-electron chi connectivity index (χ2n) is 6.20. The van der Waals surface area contributed by atoms with Crippen LogP contribution in [0, 0.1) is 6.92 Å². The molecule has 0 bridgehead atoms. The van der Waals surface area contributed by atoms with Gasteiger partial charge in [-0.15, -0.1) is 0 Å². The number of likely N-dealkylation sites (N-methyl/N-ethyl adjacent to an activating group) is 1. The van der Waals surface area contributed by atoms with Crippen molar-refractivity contribution in [3.8, 4) is 0 Å². The van der Waals surface area contributed by atoms with Crippen molar-refractivity contribution in [3.05, 3.63) is 53.2 Å². The number of carboxylic acids is 1. The van der Waals surface area contributed by atoms with Crippen molar-refractivity contribution in [3.63, 3.8) is 0 Å². The van der Waals surface area contributed by atoms with Gasteiger partial charge in [0, 0.05) is 19.4 Å². The Labute approximate surface area is 140 Å². The van der Waals surface area contributed by atoms with Gasteiger partial charge in [0.15, 0.2) is 5.89 Å². The van der Waals surface area contributed by atoms with Crippen molar-refractivity contribution < 1.29 is 19.1 Å². The number of nitrogens with zero attached hydrogens (tertiary/aromatic N) is 2. The highest BCUT2D eigenvalue weighted by atomic mass is 16.4. The molecule has 1 atom stereocenters. The molecule has 6 nitrogen and oxygen atoms in total. The highest BCUT2D eigenvalue weighted by Gasteiger charge is 2.34. The number of benzene rings is 1. The molecule has 1 saturated carbocycles. The number of aliphatic carboxylic acids is 1. The minimum atomic E-state index is -1.05. The lowest BCUT2D eigenvalue weighted by molar-refractivity contribution is -0.141. The Morgan fingerprint density at radius 1 is 1.33 bits per heavy atom. The fourth-order valence-electron chi connectivity index (χ4n) is 2.65. The van der Waals surface area contributed by atoms with Gasteiger partial charge in [-0.1, -0.05) is 30.3 Å². The summed E-state index contributed by atoms with van der Waals surface area (Å²) in [5, 5.41) is 9.53. The molecule has 1 N–H and O–H groups in total. The van der Waals surface area contributed by atoms with Crippen molar-refractivity contribution in [2.45, 2.75) is 38.1 Å². The van der Waals surface area contributed by atoms with E-state index in [-0.39, 0.29) is 12.2 Å². The molecular weight excluding hydrogens is 308 g/mol. The Kier molecular flexibility index (Phi) is 4.38. The van der Waals surface area contributed by atoms with Gasteiger partial charge in [0.05, 0.1) is 5.69 Å². The first kappa shape index (κ1) is 16.2. The van der Waals surface area contributed by atoms with Crippen LogP contribution in [-0.4, -0.2) is 40.0 Å². The molecule has 0 saturated heterocycles. The van der Waals surface area contributed by atoms with Crippen molar-refractivity contribution in [2.75, 3.05) is 7.05 Å². The van der Waals surface area contributed by atoms with E-state index in [0.29, 0.717) is 17.5 Å². The summed E-state index contributed by atoms with van der Waals surface area (Å²) >= 11 is 0. The molecule has 6 heteroatoms. The fourth-order valence-corrected chi connectivity index (χ4v) is 2.65. The van der Waals surface area contributed by atoms with Crippen molar-refractivity contribution in [1.29, 1.82) is 0 Å². The maximum Gasteiger partial charge on any atom is 0.326 e. The summed E-state index contributed by atoms with van der Waals surface area (Å²) in [6, 6.07) is 8.29. The van der Waals surface area contributed by atoms with Crippen LogP contribution in [0.15, 0.2) is 34.7 Å². The molecule has 126 valence electrons. The first-order valence-corrected chi connectivity index (χ1v) is 7.98. The highest BCUT2D eigenvalue weighted by molar-refractivity contribution is 5.95. The number of aromatic nitrogens is 1. The quantitative estimate of drug-likeness (QED) is 0.881. The standard InChI is InChI=1S/C18H20N2O4/c1-11-15(24-16(19-11)13-8-9-13)17(21)20(2)14(18(22)23)10-12-6-4-3-5-7-12/h3-7,13-14H,8-10H2,1-2H3,(H,22,23)/t14-/m0/s1. The molecule has 1 fully saturated rings. The normalized spacial score (nSPS) is 15.1. The Bertz CT molecular complexity index is 750. The number of carbonyl (C=O) groups is 2. The average molecular weight is 328 g/mol. The Morgan fingerprint density at radius 3 is 2.58 bits per heavy atom. The van der Waals surface area contributed by atoms with E-state index in [2.05, 4.69) is 4.98 Å². The summed E-state index contributed by atoms with van der Waals surface area (Å²) in [6.45, 7) is 1.71. The van der Waals surface area contributed by atoms with Crippen LogP contribution in [0.25, 0.3) is 0 Å². The van der Waals surface area contributed by atoms with Crippen LogP contribution < -0.4 is 0 Å². The van der Waals surface area contributed by atoms with Gasteiger partial charge in [0.2, 0.25) is 5.76 Å². The molecule has 0 radical (unpaired) electrons. The van der Waals surface area contributed by atoms with E-state index in [9.17, 15) is 14.7 Å². The number of carbonyl (C=O) groups excluding carboxylic acids is 1. The van der Waals surface area contributed by atoms with Gasteiger partial charge < -0.3 is 14.4 Å². The predicted octanol–water partition coefficient (Wildman–Crippen LogP) is 2.63. The molecule has 1 aromatic heterocycles. The lowest BCUT2D eigenvalue weighted by Gasteiger charge is -2.24. The van der Waals surface area contributed by atoms with Crippen molar-refractivity contribution in [2.24, 2.45) is 0 Å². The molecule has 1 aromatic carbocycles. The Balaban J connectivity index is 1.80. The number of aryl methyl sites for hydroxylation is 1. The molecule has 1 heterocycles. The van der Waals surface area contributed by atoms with Gasteiger partial charge in [-0.3, -0.25) is 4.79 Å². The number of carboxylic acid groups (broad SMARTS) is 1. The van der Waals surface area contributed by atoms with Gasteiger partial charge >= 0.3 is 5.97 Å². The van der Waals surface area contributed by atoms with Crippen LogP contribution in [0.3, 0.4) is 0 Å². The SMILES string of the molecule is Cc1nc(C2CC2)oc1C(=O)N(C)[C@@H](Cc1ccccc1)C(=O)O. The first-order valence-electron chi connectivity index (χ1n) is 7.98. The molecule has 1 amide bonds. The monoisotopic (exact) mass is 328 g/mol. The third-order valence-electron chi connectivity index (χ3n) is 4.28. The molecular formula is C18H20N2O4. The number of rotatable bonds is 6. The van der Waals surface area contributed by atoms with E-state index in [1.807, 2.05) is 30.3 Å². The van der Waals surface area contributed by atoms with E-state index in [1.165, 1.54) is 11.9 Å². The number of hydrogen-bond acceptors (Lipinski definition) is 4. The smallest absolute Gasteiger partial charge is 0.326 e. The molecule has 1 aliphatic rings. The summed E-state index contributed by atoms with van der Waals surface area (Å²) in [5.41, 5.74) is 1.37. The minimum absolute atomic E-state index is 0.138. The minimum Gasteiger partial charge on any atom is -0.480 e. The second kappa shape index (κ2) is 6.47. The van der Waals surface area contributed by atoms with Gasteiger partial charge in [-0.2, -0.15) is 0 Å². The lowest BCUT2D eigenvalue weighted by atomic mass is 10.0. The van der Waals surface area contributed by atoms with Crippen molar-refractivity contribution in [1.82, 2.24) is 9.88 Å². The van der Waals surface area contributed by atoms with E-state index in [1.54, 1.807) is 6.92 Å². The first-order chi connectivity index (χ1) is 11.5. The van der Waals surface area contributed by atoms with E-state index in [4.69, 9.17) is 4.42 Å². The summed E-state index contributed by atoms with van der Waals surface area (Å²) in [5.74, 6) is -0.474. The Morgan fingerprint density at radius 2 is 2.00 bits per heavy atom. The summed E-state index contributed by atoms with van der Waals surface area (Å²) in [6.07, 6.45) is 2.28.